The van der Waals surface area contributed by atoms with Crippen molar-refractivity contribution < 1.29 is 9.84 Å². The Morgan fingerprint density at radius 1 is 1.33 bits per heavy atom. The summed E-state index contributed by atoms with van der Waals surface area (Å²) in [4.78, 5) is 2.65. The molecule has 2 aliphatic rings. The van der Waals surface area contributed by atoms with Gasteiger partial charge >= 0.3 is 0 Å². The molecule has 0 saturated carbocycles. The maximum atomic E-state index is 9.97. The molecule has 1 N–H and O–H groups in total. The Kier molecular flexibility index (Phi) is 4.12. The smallest absolute Gasteiger partial charge is 0.160 e. The number of hydrogen-bond donors (Lipinski definition) is 1. The van der Waals surface area contributed by atoms with Crippen LogP contribution in [0.25, 0.3) is 0 Å². The fraction of sp³-hybridized carbons (Fsp3) is 0.667. The van der Waals surface area contributed by atoms with Gasteiger partial charge < -0.3 is 9.84 Å². The van der Waals surface area contributed by atoms with Crippen LogP contribution in [0.1, 0.15) is 50.3 Å². The molecule has 3 nitrogen and oxygen atoms in total. The van der Waals surface area contributed by atoms with E-state index in [0.717, 1.165) is 24.8 Å². The number of rotatable bonds is 3. The lowest BCUT2D eigenvalue weighted by molar-refractivity contribution is 0.0894. The summed E-state index contributed by atoms with van der Waals surface area (Å²) in [5.74, 6) is 2.53. The van der Waals surface area contributed by atoms with Crippen molar-refractivity contribution in [1.29, 1.82) is 0 Å². The largest absolute Gasteiger partial charge is 0.504 e. The first-order valence-electron chi connectivity index (χ1n) is 8.22. The van der Waals surface area contributed by atoms with Gasteiger partial charge in [0.2, 0.25) is 0 Å². The van der Waals surface area contributed by atoms with E-state index >= 15 is 0 Å². The standard InChI is InChI=1S/C18H27NO2/c1-12(2)8-13-4-5-16-15-10-18(21-3)17(20)9-14(15)6-7-19(16)11-13/h9-10,12-13,16,20H,4-8,11H2,1-3H3/t13-,16?/m0/s1. The van der Waals surface area contributed by atoms with Gasteiger partial charge in [-0.3, -0.25) is 4.90 Å². The fourth-order valence-electron chi connectivity index (χ4n) is 4.17. The van der Waals surface area contributed by atoms with Gasteiger partial charge in [-0.1, -0.05) is 13.8 Å². The Labute approximate surface area is 127 Å². The SMILES string of the molecule is COc1cc2c(cc1O)CCN1C[C@H](CC(C)C)CCC21. The highest BCUT2D eigenvalue weighted by Gasteiger charge is 2.34. The normalized spacial score (nSPS) is 25.5. The number of phenols is 1. The Hall–Kier alpha value is -1.22. The first-order valence-corrected chi connectivity index (χ1v) is 8.22. The van der Waals surface area contributed by atoms with E-state index in [0.29, 0.717) is 11.8 Å². The van der Waals surface area contributed by atoms with Crippen molar-refractivity contribution >= 4 is 0 Å². The van der Waals surface area contributed by atoms with E-state index in [1.807, 2.05) is 6.07 Å². The molecule has 2 heterocycles. The predicted molar refractivity (Wildman–Crippen MR) is 84.9 cm³/mol. The van der Waals surface area contributed by atoms with Crippen molar-refractivity contribution in [1.82, 2.24) is 4.90 Å². The summed E-state index contributed by atoms with van der Waals surface area (Å²) in [6, 6.07) is 4.49. The highest BCUT2D eigenvalue weighted by molar-refractivity contribution is 5.48. The van der Waals surface area contributed by atoms with E-state index in [1.165, 1.54) is 36.9 Å². The van der Waals surface area contributed by atoms with Gasteiger partial charge in [0.1, 0.15) is 0 Å². The molecular weight excluding hydrogens is 262 g/mol. The van der Waals surface area contributed by atoms with Gasteiger partial charge in [0, 0.05) is 19.1 Å². The fourth-order valence-corrected chi connectivity index (χ4v) is 4.17. The van der Waals surface area contributed by atoms with Crippen LogP contribution in [0.15, 0.2) is 12.1 Å². The lowest BCUT2D eigenvalue weighted by Crippen LogP contribution is -2.42. The lowest BCUT2D eigenvalue weighted by atomic mass is 9.81. The zero-order chi connectivity index (χ0) is 15.0. The molecule has 0 spiro atoms. The Balaban J connectivity index is 1.81. The average Bonchev–Trinajstić information content (AvgIpc) is 2.45. The van der Waals surface area contributed by atoms with Gasteiger partial charge in [-0.2, -0.15) is 0 Å². The van der Waals surface area contributed by atoms with Gasteiger partial charge in [0.25, 0.3) is 0 Å². The molecule has 2 atom stereocenters. The van der Waals surface area contributed by atoms with Gasteiger partial charge in [-0.15, -0.1) is 0 Å². The summed E-state index contributed by atoms with van der Waals surface area (Å²) in [5.41, 5.74) is 2.68. The monoisotopic (exact) mass is 289 g/mol. The minimum atomic E-state index is 0.276. The zero-order valence-electron chi connectivity index (χ0n) is 13.4. The molecular formula is C18H27NO2. The number of hydrogen-bond acceptors (Lipinski definition) is 3. The third-order valence-electron chi connectivity index (χ3n) is 5.05. The average molecular weight is 289 g/mol. The van der Waals surface area contributed by atoms with Gasteiger partial charge in [0.05, 0.1) is 7.11 Å². The van der Waals surface area contributed by atoms with Crippen molar-refractivity contribution in [2.75, 3.05) is 20.2 Å². The van der Waals surface area contributed by atoms with Crippen molar-refractivity contribution in [3.63, 3.8) is 0 Å². The van der Waals surface area contributed by atoms with Crippen LogP contribution in [-0.2, 0) is 6.42 Å². The summed E-state index contributed by atoms with van der Waals surface area (Å²) < 4.78 is 5.30. The molecule has 3 rings (SSSR count). The summed E-state index contributed by atoms with van der Waals surface area (Å²) in [6.45, 7) is 7.00. The van der Waals surface area contributed by atoms with Crippen LogP contribution < -0.4 is 4.74 Å². The number of phenolic OH excluding ortho intramolecular Hbond substituents is 1. The Morgan fingerprint density at radius 2 is 2.14 bits per heavy atom. The van der Waals surface area contributed by atoms with Crippen LogP contribution in [0.2, 0.25) is 0 Å². The van der Waals surface area contributed by atoms with Crippen molar-refractivity contribution in [3.05, 3.63) is 23.3 Å². The Morgan fingerprint density at radius 3 is 2.86 bits per heavy atom. The summed E-state index contributed by atoms with van der Waals surface area (Å²) in [5, 5.41) is 9.97. The zero-order valence-corrected chi connectivity index (χ0v) is 13.4. The van der Waals surface area contributed by atoms with Gasteiger partial charge in [-0.05, 0) is 60.8 Å². The van der Waals surface area contributed by atoms with E-state index in [-0.39, 0.29) is 5.75 Å². The molecule has 21 heavy (non-hydrogen) atoms. The minimum Gasteiger partial charge on any atom is -0.504 e. The van der Waals surface area contributed by atoms with E-state index in [1.54, 1.807) is 7.11 Å². The topological polar surface area (TPSA) is 32.7 Å². The van der Waals surface area contributed by atoms with Crippen LogP contribution in [0.4, 0.5) is 0 Å². The third-order valence-corrected chi connectivity index (χ3v) is 5.05. The number of nitrogens with zero attached hydrogens (tertiary/aromatic N) is 1. The maximum absolute atomic E-state index is 9.97. The second-order valence-corrected chi connectivity index (χ2v) is 7.06. The lowest BCUT2D eigenvalue weighted by Gasteiger charge is -2.44. The van der Waals surface area contributed by atoms with E-state index in [9.17, 15) is 5.11 Å². The molecule has 2 aliphatic heterocycles. The second kappa shape index (κ2) is 5.88. The van der Waals surface area contributed by atoms with E-state index in [4.69, 9.17) is 4.74 Å². The number of ether oxygens (including phenoxy) is 1. The summed E-state index contributed by atoms with van der Waals surface area (Å²) in [6.07, 6.45) is 4.94. The molecule has 116 valence electrons. The second-order valence-electron chi connectivity index (χ2n) is 7.06. The summed E-state index contributed by atoms with van der Waals surface area (Å²) >= 11 is 0. The molecule has 0 amide bonds. The minimum absolute atomic E-state index is 0.276. The molecule has 3 heteroatoms. The van der Waals surface area contributed by atoms with Gasteiger partial charge in [0.15, 0.2) is 11.5 Å². The number of aromatic hydroxyl groups is 1. The highest BCUT2D eigenvalue weighted by Crippen LogP contribution is 2.43. The molecule has 1 aromatic carbocycles. The highest BCUT2D eigenvalue weighted by atomic mass is 16.5. The number of benzene rings is 1. The maximum Gasteiger partial charge on any atom is 0.160 e. The van der Waals surface area contributed by atoms with Crippen LogP contribution in [0, 0.1) is 11.8 Å². The molecule has 1 aromatic rings. The number of piperidine rings is 1. The van der Waals surface area contributed by atoms with E-state index < -0.39 is 0 Å². The number of methoxy groups -OCH3 is 1. The molecule has 1 unspecified atom stereocenters. The first kappa shape index (κ1) is 14.7. The van der Waals surface area contributed by atoms with Crippen LogP contribution >= 0.6 is 0 Å². The van der Waals surface area contributed by atoms with Crippen molar-refractivity contribution in [2.24, 2.45) is 11.8 Å². The summed E-state index contributed by atoms with van der Waals surface area (Å²) in [7, 11) is 1.63. The van der Waals surface area contributed by atoms with Crippen LogP contribution in [-0.4, -0.2) is 30.2 Å². The molecule has 0 aromatic heterocycles. The quantitative estimate of drug-likeness (QED) is 0.919. The third kappa shape index (κ3) is 2.89. The molecule has 1 saturated heterocycles. The molecule has 0 radical (unpaired) electrons. The Bertz CT molecular complexity index is 512. The number of fused-ring (bicyclic) bond motifs is 3. The molecule has 1 fully saturated rings. The molecule has 0 bridgehead atoms. The van der Waals surface area contributed by atoms with Gasteiger partial charge in [-0.25, -0.2) is 0 Å². The van der Waals surface area contributed by atoms with Crippen LogP contribution in [0.3, 0.4) is 0 Å². The van der Waals surface area contributed by atoms with E-state index in [2.05, 4.69) is 24.8 Å². The van der Waals surface area contributed by atoms with Crippen molar-refractivity contribution in [3.8, 4) is 11.5 Å². The first-order chi connectivity index (χ1) is 10.1. The predicted octanol–water partition coefficient (Wildman–Crippen LogP) is 3.76. The molecule has 0 aliphatic carbocycles. The van der Waals surface area contributed by atoms with Crippen LogP contribution in [0.5, 0.6) is 11.5 Å². The van der Waals surface area contributed by atoms with Crippen molar-refractivity contribution in [2.45, 2.75) is 45.6 Å².